The zero-order valence-electron chi connectivity index (χ0n) is 81.4. The van der Waals surface area contributed by atoms with E-state index in [2.05, 4.69) is 115 Å². The number of rotatable bonds is 7. The van der Waals surface area contributed by atoms with Crippen LogP contribution >= 0.6 is 0 Å². The maximum Gasteiger partial charge on any atom is 0.252 e. The molecule has 0 fully saturated rings. The van der Waals surface area contributed by atoms with Gasteiger partial charge in [-0.1, -0.05) is 324 Å². The maximum absolute atomic E-state index is 10.4. The monoisotopic (exact) mass is 1350 g/mol. The largest absolute Gasteiger partial charge is 0.311 e. The molecule has 11 aromatic carbocycles. The van der Waals surface area contributed by atoms with Crippen LogP contribution in [0.4, 0.5) is 34.1 Å². The molecule has 0 bridgehead atoms. The van der Waals surface area contributed by atoms with Crippen molar-refractivity contribution in [3.05, 3.63) is 262 Å². The minimum Gasteiger partial charge on any atom is -0.311 e. The summed E-state index contributed by atoms with van der Waals surface area (Å²) in [4.78, 5) is 4.27. The van der Waals surface area contributed by atoms with E-state index in [1.165, 1.54) is 0 Å². The van der Waals surface area contributed by atoms with E-state index < -0.39 is 98.4 Å². The summed E-state index contributed by atoms with van der Waals surface area (Å²) in [5.74, 6) is 0. The maximum atomic E-state index is 10.4. The molecule has 102 heavy (non-hydrogen) atoms. The van der Waals surface area contributed by atoms with Gasteiger partial charge in [0.05, 0.1) is 40.0 Å². The fourth-order valence-corrected chi connectivity index (χ4v) is 14.0. The summed E-state index contributed by atoms with van der Waals surface area (Å²) in [6.07, 6.45) is 0. The molecule has 0 N–H and O–H groups in total. The van der Waals surface area contributed by atoms with E-state index >= 15 is 0 Å². The molecule has 0 spiro atoms. The second-order valence-electron chi connectivity index (χ2n) is 36.7. The molecular formula is C98H108BN3. The first-order valence-electron chi connectivity index (χ1n) is 44.6. The second-order valence-corrected chi connectivity index (χ2v) is 36.7. The molecular weight excluding hydrogens is 1230 g/mol. The molecule has 0 saturated carbocycles. The molecule has 0 saturated heterocycles. The van der Waals surface area contributed by atoms with Crippen LogP contribution in [0.25, 0.3) is 72.0 Å². The second kappa shape index (κ2) is 24.3. The van der Waals surface area contributed by atoms with Crippen molar-refractivity contribution in [2.45, 2.75) is 209 Å². The molecule has 2 aliphatic rings. The predicted molar refractivity (Wildman–Crippen MR) is 446 cm³/mol. The average molecular weight is 1360 g/mol. The Bertz CT molecular complexity index is 6120. The van der Waals surface area contributed by atoms with Gasteiger partial charge >= 0.3 is 0 Å². The van der Waals surface area contributed by atoms with Gasteiger partial charge in [0.1, 0.15) is 0 Å². The lowest BCUT2D eigenvalue weighted by Gasteiger charge is -2.45. The highest BCUT2D eigenvalue weighted by molar-refractivity contribution is 7.00. The Balaban J connectivity index is 1.19. The molecule has 4 heteroatoms. The molecule has 14 rings (SSSR count). The number of anilines is 6. The first kappa shape index (κ1) is 51.9. The first-order chi connectivity index (χ1) is 54.7. The molecule has 3 nitrogen and oxygen atoms in total. The van der Waals surface area contributed by atoms with Crippen molar-refractivity contribution >= 4 is 79.0 Å². The normalized spacial score (nSPS) is 16.2. The van der Waals surface area contributed by atoms with Crippen LogP contribution in [0.5, 0.6) is 0 Å². The van der Waals surface area contributed by atoms with Gasteiger partial charge in [-0.2, -0.15) is 0 Å². The Morgan fingerprint density at radius 1 is 0.255 bits per heavy atom. The van der Waals surface area contributed by atoms with Gasteiger partial charge in [-0.15, -0.1) is 0 Å². The van der Waals surface area contributed by atoms with E-state index in [0.717, 1.165) is 44.2 Å². The summed E-state index contributed by atoms with van der Waals surface area (Å²) in [5.41, 5.74) is 11.5. The van der Waals surface area contributed by atoms with Gasteiger partial charge in [0.15, 0.2) is 0 Å². The van der Waals surface area contributed by atoms with Crippen LogP contribution in [0, 0.1) is 0 Å². The summed E-state index contributed by atoms with van der Waals surface area (Å²) in [6, 6.07) is 35.6. The van der Waals surface area contributed by atoms with Crippen molar-refractivity contribution in [3.8, 4) is 50.2 Å². The highest BCUT2D eigenvalue weighted by Gasteiger charge is 2.45. The van der Waals surface area contributed by atoms with Crippen LogP contribution in [0.2, 0.25) is 0 Å². The van der Waals surface area contributed by atoms with Crippen LogP contribution in [0.3, 0.4) is 0 Å². The molecule has 0 aliphatic carbocycles. The van der Waals surface area contributed by atoms with E-state index in [4.69, 9.17) is 2.74 Å². The predicted octanol–water partition coefficient (Wildman–Crippen LogP) is 25.9. The molecule has 1 aromatic heterocycles. The number of aromatic nitrogens is 1. The lowest BCUT2D eigenvalue weighted by atomic mass is 9.33. The lowest BCUT2D eigenvalue weighted by molar-refractivity contribution is 0.568. The molecule has 0 atom stereocenters. The van der Waals surface area contributed by atoms with E-state index in [1.807, 2.05) is 177 Å². The van der Waals surface area contributed by atoms with Crippen molar-refractivity contribution in [2.24, 2.45) is 0 Å². The molecule has 0 radical (unpaired) electrons. The number of benzene rings is 11. The Labute approximate surface area is 636 Å². The van der Waals surface area contributed by atoms with Gasteiger partial charge in [-0.05, 0) is 209 Å². The van der Waals surface area contributed by atoms with Crippen LogP contribution in [0.1, 0.15) is 234 Å². The molecule has 518 valence electrons. The van der Waals surface area contributed by atoms with Gasteiger partial charge in [0.2, 0.25) is 0 Å². The van der Waals surface area contributed by atoms with Crippen molar-refractivity contribution in [1.82, 2.24) is 4.57 Å². The number of hydrogen-bond donors (Lipinski definition) is 0. The average Bonchev–Trinajstić information content (AvgIpc) is 1.65. The Morgan fingerprint density at radius 3 is 0.902 bits per heavy atom. The Morgan fingerprint density at radius 2 is 0.549 bits per heavy atom. The van der Waals surface area contributed by atoms with Crippen LogP contribution in [-0.2, 0) is 43.3 Å². The van der Waals surface area contributed by atoms with Gasteiger partial charge in [0, 0.05) is 44.9 Å². The van der Waals surface area contributed by atoms with Crippen LogP contribution in [-0.4, -0.2) is 11.3 Å². The number of nitrogens with zero attached hydrogens (tertiary/aromatic N) is 3. The van der Waals surface area contributed by atoms with E-state index in [-0.39, 0.29) is 69.8 Å². The van der Waals surface area contributed by atoms with Crippen molar-refractivity contribution < 1.29 is 23.3 Å². The van der Waals surface area contributed by atoms with Crippen molar-refractivity contribution in [2.75, 3.05) is 9.80 Å². The smallest absolute Gasteiger partial charge is 0.252 e. The summed E-state index contributed by atoms with van der Waals surface area (Å²) in [7, 11) is 0. The zero-order chi connectivity index (χ0) is 87.9. The SMILES string of the molecule is [2H]c1c(C(C)(C)C)cc(-c2ccc3c(c2)B2c4cc(-c5cc(C(C)(C)C)c([2H])c(C(C)(C)C)c5[2H])ccc4N(c4ccc(-c5c([2H])c(C(C)(C)C)c([2H])c(C(C)(C)C)c5[2H])cc4)c4cc(-n5c6c([2H])c([2H])c([2H])c([2H])c6c6c([2H])c([2H])c([2H])c([2H])c65)cc(c42)N3c2ccc(-c3c([2H])c(C(C)(C)C)c([2H])c(C(C)(C)C)c3[2H])cc2)cc1C(C)(C)C. The van der Waals surface area contributed by atoms with E-state index in [9.17, 15) is 20.6 Å². The molecule has 3 heterocycles. The number of hydrogen-bond acceptors (Lipinski definition) is 2. The van der Waals surface area contributed by atoms with Gasteiger partial charge < -0.3 is 14.4 Å². The van der Waals surface area contributed by atoms with Gasteiger partial charge in [-0.25, -0.2) is 0 Å². The highest BCUT2D eigenvalue weighted by atomic mass is 15.2. The topological polar surface area (TPSA) is 11.4 Å². The van der Waals surface area contributed by atoms with Gasteiger partial charge in [0.25, 0.3) is 6.71 Å². The van der Waals surface area contributed by atoms with Crippen LogP contribution < -0.4 is 26.2 Å². The Hall–Kier alpha value is -9.12. The third-order valence-electron chi connectivity index (χ3n) is 20.2. The molecule has 2 aliphatic heterocycles. The third kappa shape index (κ3) is 12.9. The fraction of sp³-hybridized carbons (Fsp3) is 0.327. The minimum atomic E-state index is -0.746. The summed E-state index contributed by atoms with van der Waals surface area (Å²) >= 11 is 0. The van der Waals surface area contributed by atoms with Gasteiger partial charge in [-0.3, -0.25) is 0 Å². The lowest BCUT2D eigenvalue weighted by Crippen LogP contribution is -2.61. The van der Waals surface area contributed by atoms with Crippen molar-refractivity contribution in [1.29, 1.82) is 0 Å². The molecule has 0 amide bonds. The first-order valence-corrected chi connectivity index (χ1v) is 36.1. The minimum absolute atomic E-state index is 0.0775. The highest BCUT2D eigenvalue weighted by Crippen LogP contribution is 2.50. The van der Waals surface area contributed by atoms with Crippen molar-refractivity contribution in [3.63, 3.8) is 0 Å². The zero-order valence-corrected chi connectivity index (χ0v) is 64.4. The fourth-order valence-electron chi connectivity index (χ4n) is 14.0. The molecule has 12 aromatic rings. The van der Waals surface area contributed by atoms with E-state index in [1.54, 1.807) is 4.57 Å². The number of fused-ring (bicyclic) bond motifs is 7. The van der Waals surface area contributed by atoms with Crippen LogP contribution in [0.15, 0.2) is 218 Å². The van der Waals surface area contributed by atoms with E-state index in [0.29, 0.717) is 107 Å². The third-order valence-corrected chi connectivity index (χ3v) is 20.2. The standard InChI is InChI=1S/C98H108BN3/c1-91(2,3)69-45-65(46-70(55-69)92(4,5)6)61-33-39-77(40-34-61)100-86-43-37-63(67-49-73(95(13,14)15)57-74(50-67)96(16,17)18)53-82(86)99-83-54-64(68-51-75(97(19,20)21)58-76(52-68)98(22,23)24)38-44-87(83)101(78-41-35-62(36-42-78)66-47-71(93(7,8)9)56-72(48-66)94(10,11)12)89-60-79(59-88(100)90(89)99)102-84-31-27-25-29-80(84)81-30-26-28-32-85(81)102/h25-60H,1-24H3/i25D,26D,27D,28D,29D,30D,31D,32D,45D,46D,47D,48D,49D,55D,56D,57D,58D. The summed E-state index contributed by atoms with van der Waals surface area (Å²) < 4.78 is 167. The quantitative estimate of drug-likeness (QED) is 0.147. The molecule has 0 unspecified atom stereocenters. The number of para-hydroxylation sites is 2. The summed E-state index contributed by atoms with van der Waals surface area (Å²) in [5, 5.41) is -0.208. The Kier molecular flexibility index (Phi) is 12.4. The summed E-state index contributed by atoms with van der Waals surface area (Å²) in [6.45, 7) is 48.2.